The second-order valence-electron chi connectivity index (χ2n) is 9.01. The van der Waals surface area contributed by atoms with Crippen molar-refractivity contribution in [3.63, 3.8) is 0 Å². The number of hydrogen-bond donors (Lipinski definition) is 0. The van der Waals surface area contributed by atoms with Crippen molar-refractivity contribution in [2.75, 3.05) is 6.61 Å². The van der Waals surface area contributed by atoms with E-state index in [1.807, 2.05) is 46.0 Å². The number of benzene rings is 1. The number of aromatic nitrogens is 2. The standard InChI is InChI=1S/C27H31N3O3S/c1-8-33-26(32)23-17(5)28-27-30(24(23)20-11-9-19(10-12-20)15(2)3)25(31)22(34-27)14-21-13-16(4)29(7)18(21)6/h9-15,24H,8H2,1-7H3/b22-14+. The number of fused-ring (bicyclic) bond motifs is 1. The van der Waals surface area contributed by atoms with E-state index in [1.165, 1.54) is 16.9 Å². The predicted octanol–water partition coefficient (Wildman–Crippen LogP) is 3.88. The molecule has 3 heterocycles. The van der Waals surface area contributed by atoms with Crippen LogP contribution in [-0.2, 0) is 16.6 Å². The monoisotopic (exact) mass is 477 g/mol. The first-order valence-electron chi connectivity index (χ1n) is 11.6. The summed E-state index contributed by atoms with van der Waals surface area (Å²) in [6.07, 6.45) is 1.93. The normalized spacial score (nSPS) is 16.1. The molecule has 0 amide bonds. The summed E-state index contributed by atoms with van der Waals surface area (Å²) in [6.45, 7) is 12.2. The van der Waals surface area contributed by atoms with E-state index in [1.54, 1.807) is 11.5 Å². The van der Waals surface area contributed by atoms with Gasteiger partial charge in [-0.25, -0.2) is 9.79 Å². The largest absolute Gasteiger partial charge is 0.463 e. The van der Waals surface area contributed by atoms with Gasteiger partial charge >= 0.3 is 5.97 Å². The molecule has 178 valence electrons. The number of aryl methyl sites for hydroxylation is 1. The maximum absolute atomic E-state index is 13.7. The molecule has 1 aliphatic heterocycles. The number of hydrogen-bond acceptors (Lipinski definition) is 5. The molecular weight excluding hydrogens is 446 g/mol. The molecule has 1 unspecified atom stereocenters. The summed E-state index contributed by atoms with van der Waals surface area (Å²) in [5.41, 5.74) is 6.11. The van der Waals surface area contributed by atoms with E-state index in [2.05, 4.69) is 41.6 Å². The van der Waals surface area contributed by atoms with Gasteiger partial charge < -0.3 is 9.30 Å². The van der Waals surface area contributed by atoms with Gasteiger partial charge in [0.25, 0.3) is 5.56 Å². The highest BCUT2D eigenvalue weighted by Crippen LogP contribution is 2.31. The van der Waals surface area contributed by atoms with Crippen LogP contribution in [0.1, 0.15) is 67.7 Å². The molecule has 1 aliphatic rings. The van der Waals surface area contributed by atoms with E-state index in [-0.39, 0.29) is 12.2 Å². The summed E-state index contributed by atoms with van der Waals surface area (Å²) >= 11 is 1.35. The molecule has 0 spiro atoms. The number of thiazole rings is 1. The molecule has 4 rings (SSSR count). The predicted molar refractivity (Wildman–Crippen MR) is 136 cm³/mol. The van der Waals surface area contributed by atoms with Gasteiger partial charge in [-0.1, -0.05) is 49.4 Å². The summed E-state index contributed by atoms with van der Waals surface area (Å²) < 4.78 is 9.71. The molecule has 0 saturated heterocycles. The van der Waals surface area contributed by atoms with Gasteiger partial charge in [0, 0.05) is 18.4 Å². The molecule has 0 saturated carbocycles. The zero-order valence-corrected chi connectivity index (χ0v) is 21.6. The highest BCUT2D eigenvalue weighted by Gasteiger charge is 2.33. The van der Waals surface area contributed by atoms with Crippen molar-refractivity contribution < 1.29 is 9.53 Å². The van der Waals surface area contributed by atoms with Crippen LogP contribution in [0.25, 0.3) is 6.08 Å². The second-order valence-corrected chi connectivity index (χ2v) is 10.0. The summed E-state index contributed by atoms with van der Waals surface area (Å²) in [5.74, 6) is -0.0547. The molecule has 0 radical (unpaired) electrons. The Hall–Kier alpha value is -3.19. The fourth-order valence-corrected chi connectivity index (χ4v) is 5.38. The van der Waals surface area contributed by atoms with Crippen LogP contribution in [0.4, 0.5) is 0 Å². The summed E-state index contributed by atoms with van der Waals surface area (Å²) in [4.78, 5) is 32.0. The molecule has 0 fully saturated rings. The van der Waals surface area contributed by atoms with Crippen molar-refractivity contribution in [1.82, 2.24) is 9.13 Å². The van der Waals surface area contributed by atoms with E-state index in [4.69, 9.17) is 4.74 Å². The molecular formula is C27H31N3O3S. The van der Waals surface area contributed by atoms with Gasteiger partial charge in [-0.3, -0.25) is 9.36 Å². The second kappa shape index (κ2) is 9.22. The molecule has 7 heteroatoms. The lowest BCUT2D eigenvalue weighted by Crippen LogP contribution is -2.39. The molecule has 1 aromatic carbocycles. The average molecular weight is 478 g/mol. The summed E-state index contributed by atoms with van der Waals surface area (Å²) in [6, 6.07) is 9.61. The smallest absolute Gasteiger partial charge is 0.338 e. The van der Waals surface area contributed by atoms with Crippen LogP contribution < -0.4 is 14.9 Å². The zero-order valence-electron chi connectivity index (χ0n) is 20.8. The van der Waals surface area contributed by atoms with Crippen molar-refractivity contribution in [1.29, 1.82) is 0 Å². The molecule has 34 heavy (non-hydrogen) atoms. The highest BCUT2D eigenvalue weighted by molar-refractivity contribution is 7.07. The number of carbonyl (C=O) groups is 1. The van der Waals surface area contributed by atoms with Gasteiger partial charge in [0.2, 0.25) is 0 Å². The Balaban J connectivity index is 1.95. The van der Waals surface area contributed by atoms with Gasteiger partial charge in [-0.05, 0) is 62.4 Å². The fraction of sp³-hybridized carbons (Fsp3) is 0.370. The lowest BCUT2D eigenvalue weighted by molar-refractivity contribution is -0.139. The lowest BCUT2D eigenvalue weighted by Gasteiger charge is -2.25. The molecule has 1 atom stereocenters. The number of ether oxygens (including phenoxy) is 1. The highest BCUT2D eigenvalue weighted by atomic mass is 32.1. The Kier molecular flexibility index (Phi) is 6.49. The third-order valence-electron chi connectivity index (χ3n) is 6.54. The third-order valence-corrected chi connectivity index (χ3v) is 7.52. The van der Waals surface area contributed by atoms with Gasteiger partial charge in [-0.15, -0.1) is 0 Å². The first-order valence-corrected chi connectivity index (χ1v) is 12.4. The topological polar surface area (TPSA) is 65.6 Å². The fourth-order valence-electron chi connectivity index (χ4n) is 4.34. The Bertz CT molecular complexity index is 1470. The van der Waals surface area contributed by atoms with Crippen LogP contribution in [0.3, 0.4) is 0 Å². The number of carbonyl (C=O) groups excluding carboxylic acids is 1. The lowest BCUT2D eigenvalue weighted by atomic mass is 9.93. The van der Waals surface area contributed by atoms with Crippen molar-refractivity contribution in [2.24, 2.45) is 12.0 Å². The Morgan fingerprint density at radius 2 is 1.88 bits per heavy atom. The van der Waals surface area contributed by atoms with E-state index in [0.29, 0.717) is 26.5 Å². The summed E-state index contributed by atoms with van der Waals surface area (Å²) in [7, 11) is 2.01. The maximum Gasteiger partial charge on any atom is 0.338 e. The van der Waals surface area contributed by atoms with Crippen molar-refractivity contribution >= 4 is 23.4 Å². The molecule has 3 aromatic rings. The van der Waals surface area contributed by atoms with Crippen LogP contribution in [0, 0.1) is 13.8 Å². The van der Waals surface area contributed by atoms with Crippen molar-refractivity contribution in [3.05, 3.63) is 89.4 Å². The minimum Gasteiger partial charge on any atom is -0.463 e. The summed E-state index contributed by atoms with van der Waals surface area (Å²) in [5, 5.41) is 0. The van der Waals surface area contributed by atoms with Gasteiger partial charge in [0.1, 0.15) is 0 Å². The molecule has 6 nitrogen and oxygen atoms in total. The van der Waals surface area contributed by atoms with Gasteiger partial charge in [0.15, 0.2) is 4.80 Å². The number of nitrogens with zero attached hydrogens (tertiary/aromatic N) is 3. The SMILES string of the molecule is CCOC(=O)C1=C(C)N=c2s/c(=C/c3cc(C)n(C)c3C)c(=O)n2C1c1ccc(C(C)C)cc1. The molecule has 0 aliphatic carbocycles. The maximum atomic E-state index is 13.7. The Labute approximate surface area is 203 Å². The number of esters is 1. The Morgan fingerprint density at radius 3 is 2.44 bits per heavy atom. The molecule has 0 N–H and O–H groups in total. The molecule has 2 aromatic heterocycles. The van der Waals surface area contributed by atoms with Crippen LogP contribution in [0.15, 0.2) is 51.4 Å². The minimum absolute atomic E-state index is 0.156. The van der Waals surface area contributed by atoms with Crippen LogP contribution in [-0.4, -0.2) is 21.7 Å². The molecule has 0 bridgehead atoms. The van der Waals surface area contributed by atoms with E-state index in [9.17, 15) is 9.59 Å². The zero-order chi connectivity index (χ0) is 24.7. The first kappa shape index (κ1) is 24.0. The van der Waals surface area contributed by atoms with Crippen LogP contribution in [0.2, 0.25) is 0 Å². The number of allylic oxidation sites excluding steroid dienone is 1. The van der Waals surface area contributed by atoms with E-state index < -0.39 is 12.0 Å². The minimum atomic E-state index is -0.586. The van der Waals surface area contributed by atoms with Crippen LogP contribution >= 0.6 is 11.3 Å². The van der Waals surface area contributed by atoms with Gasteiger partial charge in [0.05, 0.1) is 28.5 Å². The van der Waals surface area contributed by atoms with Gasteiger partial charge in [-0.2, -0.15) is 0 Å². The quantitative estimate of drug-likeness (QED) is 0.524. The third kappa shape index (κ3) is 4.09. The van der Waals surface area contributed by atoms with E-state index in [0.717, 1.165) is 22.5 Å². The first-order chi connectivity index (χ1) is 16.1. The van der Waals surface area contributed by atoms with Crippen molar-refractivity contribution in [2.45, 2.75) is 53.5 Å². The van der Waals surface area contributed by atoms with Crippen molar-refractivity contribution in [3.8, 4) is 0 Å². The average Bonchev–Trinajstić information content (AvgIpc) is 3.23. The number of rotatable bonds is 5. The van der Waals surface area contributed by atoms with E-state index >= 15 is 0 Å². The van der Waals surface area contributed by atoms with Crippen LogP contribution in [0.5, 0.6) is 0 Å². The Morgan fingerprint density at radius 1 is 1.21 bits per heavy atom.